The van der Waals surface area contributed by atoms with Crippen LogP contribution in [0.5, 0.6) is 0 Å². The molecule has 2 aromatic carbocycles. The fourth-order valence-corrected chi connectivity index (χ4v) is 4.19. The van der Waals surface area contributed by atoms with E-state index in [1.807, 2.05) is 32.0 Å². The van der Waals surface area contributed by atoms with Crippen LogP contribution in [-0.4, -0.2) is 67.3 Å². The van der Waals surface area contributed by atoms with Gasteiger partial charge in [-0.3, -0.25) is 0 Å². The number of hydrogen-bond donors (Lipinski definition) is 1. The monoisotopic (exact) mass is 595 g/mol. The first-order valence-electron chi connectivity index (χ1n) is 12.3. The van der Waals surface area contributed by atoms with Gasteiger partial charge in [-0.05, 0) is 50.1 Å². The molecule has 0 aliphatic rings. The predicted octanol–water partition coefficient (Wildman–Crippen LogP) is 2.11. The first-order valence-corrected chi connectivity index (χ1v) is 13.9. The number of ether oxygens (including phenoxy) is 3. The molecule has 41 heavy (non-hydrogen) atoms. The van der Waals surface area contributed by atoms with Crippen LogP contribution in [0.2, 0.25) is 0 Å². The molecule has 0 aliphatic carbocycles. The van der Waals surface area contributed by atoms with Crippen LogP contribution in [0.25, 0.3) is 5.69 Å². The van der Waals surface area contributed by atoms with Crippen molar-refractivity contribution in [2.75, 3.05) is 33.0 Å². The summed E-state index contributed by atoms with van der Waals surface area (Å²) in [7, 11) is -4.13. The van der Waals surface area contributed by atoms with Crippen LogP contribution in [0.3, 0.4) is 0 Å². The molecule has 1 heterocycles. The lowest BCUT2D eigenvalue weighted by atomic mass is 10.0. The number of aromatic nitrogens is 3. The number of halogens is 1. The highest BCUT2D eigenvalue weighted by Gasteiger charge is 2.23. The summed E-state index contributed by atoms with van der Waals surface area (Å²) in [5.74, 6) is -1.19. The Morgan fingerprint density at radius 3 is 2.51 bits per heavy atom. The molecule has 0 amide bonds. The number of esters is 1. The molecule has 0 saturated heterocycles. The summed E-state index contributed by atoms with van der Waals surface area (Å²) >= 11 is 0. The third-order valence-corrected chi connectivity index (χ3v) is 6.62. The summed E-state index contributed by atoms with van der Waals surface area (Å²) < 4.78 is 55.3. The molecule has 0 radical (unpaired) electrons. The lowest BCUT2D eigenvalue weighted by Gasteiger charge is -2.11. The van der Waals surface area contributed by atoms with Crippen molar-refractivity contribution < 1.29 is 41.7 Å². The minimum Gasteiger partial charge on any atom is -0.453 e. The summed E-state index contributed by atoms with van der Waals surface area (Å²) in [6.07, 6.45) is -0.681. The van der Waals surface area contributed by atoms with Crippen LogP contribution in [0, 0.1) is 29.8 Å². The second-order valence-corrected chi connectivity index (χ2v) is 10.5. The van der Waals surface area contributed by atoms with Crippen LogP contribution >= 0.6 is 0 Å². The highest BCUT2D eigenvalue weighted by Crippen LogP contribution is 2.24. The van der Waals surface area contributed by atoms with Gasteiger partial charge in [-0.15, -0.1) is 15.2 Å². The Balaban J connectivity index is 1.74. The Labute approximate surface area is 235 Å². The summed E-state index contributed by atoms with van der Waals surface area (Å²) in [6.45, 7) is 4.86. The molecule has 1 aromatic heterocycles. The average Bonchev–Trinajstić information content (AvgIpc) is 3.30. The zero-order valence-corrected chi connectivity index (χ0v) is 23.4. The van der Waals surface area contributed by atoms with Crippen LogP contribution in [0.15, 0.2) is 41.3 Å². The maximum Gasteiger partial charge on any atom is 0.332 e. The number of rotatable bonds is 15. The zero-order valence-electron chi connectivity index (χ0n) is 22.6. The van der Waals surface area contributed by atoms with Crippen molar-refractivity contribution in [3.63, 3.8) is 0 Å². The van der Waals surface area contributed by atoms with Gasteiger partial charge in [0.2, 0.25) is 10.0 Å². The standard InChI is InChI=1S/C25H30FN5O9S/c1-16-4-5-17(2)19(12-16)13-23-28-25(29-30(23)22-7-6-20(14-21(22)26)41(27,35)36)18(3)40-24(32)15-38-9-8-37-10-11-39-31(33)34/h4-7,12,14,18H,8-11,13,15H2,1-3H3,(H2,27,35,36). The van der Waals surface area contributed by atoms with Crippen LogP contribution in [-0.2, 0) is 40.3 Å². The fourth-order valence-electron chi connectivity index (χ4n) is 3.67. The molecule has 0 fully saturated rings. The van der Waals surface area contributed by atoms with Crippen LogP contribution in [0.1, 0.15) is 41.4 Å². The lowest BCUT2D eigenvalue weighted by molar-refractivity contribution is -0.758. The van der Waals surface area contributed by atoms with Gasteiger partial charge in [0.25, 0.3) is 5.09 Å². The number of sulfonamides is 1. The highest BCUT2D eigenvalue weighted by molar-refractivity contribution is 7.89. The number of carbonyl (C=O) groups excluding carboxylic acids is 1. The molecule has 1 unspecified atom stereocenters. The van der Waals surface area contributed by atoms with E-state index in [0.717, 1.165) is 28.8 Å². The highest BCUT2D eigenvalue weighted by atomic mass is 32.2. The van der Waals surface area contributed by atoms with E-state index in [9.17, 15) is 23.3 Å². The van der Waals surface area contributed by atoms with Gasteiger partial charge in [-0.2, -0.15) is 0 Å². The van der Waals surface area contributed by atoms with Gasteiger partial charge in [0.05, 0.1) is 24.7 Å². The second-order valence-electron chi connectivity index (χ2n) is 8.92. The maximum atomic E-state index is 15.1. The topological polar surface area (TPSA) is 188 Å². The molecule has 3 rings (SSSR count). The van der Waals surface area contributed by atoms with E-state index in [0.29, 0.717) is 5.82 Å². The van der Waals surface area contributed by atoms with Gasteiger partial charge < -0.3 is 19.0 Å². The molecule has 3 aromatic rings. The molecule has 0 aliphatic heterocycles. The third kappa shape index (κ3) is 9.28. The van der Waals surface area contributed by atoms with E-state index in [2.05, 4.69) is 14.9 Å². The Morgan fingerprint density at radius 2 is 1.83 bits per heavy atom. The molecule has 2 N–H and O–H groups in total. The van der Waals surface area contributed by atoms with Gasteiger partial charge in [-0.25, -0.2) is 32.4 Å². The first kappa shape index (κ1) is 31.5. The van der Waals surface area contributed by atoms with E-state index in [-0.39, 0.29) is 44.4 Å². The third-order valence-electron chi connectivity index (χ3n) is 5.71. The Bertz CT molecular complexity index is 1500. The quantitative estimate of drug-likeness (QED) is 0.117. The first-order chi connectivity index (χ1) is 19.3. The minimum absolute atomic E-state index is 0.0179. The smallest absolute Gasteiger partial charge is 0.332 e. The summed E-state index contributed by atoms with van der Waals surface area (Å²) in [6, 6.07) is 9.07. The fraction of sp³-hybridized carbons (Fsp3) is 0.400. The van der Waals surface area contributed by atoms with Crippen molar-refractivity contribution in [2.45, 2.75) is 38.2 Å². The summed E-state index contributed by atoms with van der Waals surface area (Å²) in [5, 5.41) is 18.6. The van der Waals surface area contributed by atoms with Crippen molar-refractivity contribution in [3.05, 3.63) is 80.7 Å². The second kappa shape index (κ2) is 14.1. The van der Waals surface area contributed by atoms with E-state index < -0.39 is 44.5 Å². The van der Waals surface area contributed by atoms with Gasteiger partial charge in [-0.1, -0.05) is 23.8 Å². The maximum absolute atomic E-state index is 15.1. The number of aryl methyl sites for hydroxylation is 2. The molecular weight excluding hydrogens is 565 g/mol. The predicted molar refractivity (Wildman–Crippen MR) is 141 cm³/mol. The van der Waals surface area contributed by atoms with Gasteiger partial charge in [0.1, 0.15) is 30.5 Å². The molecule has 0 spiro atoms. The number of nitrogens with zero attached hydrogens (tertiary/aromatic N) is 4. The van der Waals surface area contributed by atoms with Gasteiger partial charge in [0.15, 0.2) is 11.9 Å². The van der Waals surface area contributed by atoms with Crippen LogP contribution in [0.4, 0.5) is 4.39 Å². The van der Waals surface area contributed by atoms with Crippen molar-refractivity contribution in [2.24, 2.45) is 5.14 Å². The van der Waals surface area contributed by atoms with Crippen molar-refractivity contribution in [1.29, 1.82) is 0 Å². The SMILES string of the molecule is Cc1ccc(C)c(Cc2nc(C(C)OC(=O)COCCOCCO[N+](=O)[O-])nn2-c2ccc(S(N)(=O)=O)cc2F)c1. The Morgan fingerprint density at radius 1 is 1.12 bits per heavy atom. The van der Waals surface area contributed by atoms with E-state index in [4.69, 9.17) is 19.3 Å². The molecule has 1 atom stereocenters. The van der Waals surface area contributed by atoms with Crippen molar-refractivity contribution >= 4 is 16.0 Å². The lowest BCUT2D eigenvalue weighted by Crippen LogP contribution is -2.18. The van der Waals surface area contributed by atoms with Crippen molar-refractivity contribution in [3.8, 4) is 5.69 Å². The van der Waals surface area contributed by atoms with Crippen LogP contribution < -0.4 is 5.14 Å². The molecule has 0 saturated carbocycles. The number of carbonyl (C=O) groups is 1. The largest absolute Gasteiger partial charge is 0.453 e. The van der Waals surface area contributed by atoms with E-state index in [1.54, 1.807) is 0 Å². The molecule has 14 nitrogen and oxygen atoms in total. The zero-order chi connectivity index (χ0) is 30.2. The summed E-state index contributed by atoms with van der Waals surface area (Å²) in [5.41, 5.74) is 2.83. The Hall–Kier alpha value is -3.99. The average molecular weight is 596 g/mol. The van der Waals surface area contributed by atoms with Gasteiger partial charge in [0, 0.05) is 6.42 Å². The number of hydrogen-bond acceptors (Lipinski definition) is 11. The molecular formula is C25H30FN5O9S. The summed E-state index contributed by atoms with van der Waals surface area (Å²) in [4.78, 5) is 30.6. The normalized spacial score (nSPS) is 12.2. The Kier molecular flexibility index (Phi) is 10.8. The van der Waals surface area contributed by atoms with E-state index in [1.165, 1.54) is 17.7 Å². The molecule has 222 valence electrons. The number of benzene rings is 2. The minimum atomic E-state index is -4.13. The van der Waals surface area contributed by atoms with Crippen molar-refractivity contribution in [1.82, 2.24) is 14.8 Å². The molecule has 0 bridgehead atoms. The number of primary sulfonamides is 1. The molecule has 16 heteroatoms. The number of nitrogens with two attached hydrogens (primary N) is 1. The van der Waals surface area contributed by atoms with Gasteiger partial charge >= 0.3 is 5.97 Å². The van der Waals surface area contributed by atoms with E-state index >= 15 is 4.39 Å².